The second-order valence-corrected chi connectivity index (χ2v) is 10.6. The molecule has 0 bridgehead atoms. The Morgan fingerprint density at radius 1 is 0.580 bits per heavy atom. The monoisotopic (exact) mass is 855 g/mol. The van der Waals surface area contributed by atoms with Gasteiger partial charge in [0.1, 0.15) is 29.1 Å². The predicted octanol–water partition coefficient (Wildman–Crippen LogP) is 8.33. The Morgan fingerprint density at radius 2 is 1.00 bits per heavy atom. The largest absolute Gasteiger partial charge is 0.477 e. The first-order chi connectivity index (χ1) is 23.9. The van der Waals surface area contributed by atoms with E-state index < -0.39 is 6.35 Å². The molecule has 9 nitrogen and oxygen atoms in total. The van der Waals surface area contributed by atoms with Crippen LogP contribution in [-0.4, -0.2) is 32.9 Å². The third-order valence-electron chi connectivity index (χ3n) is 7.55. The van der Waals surface area contributed by atoms with Gasteiger partial charge in [-0.1, -0.05) is 0 Å². The number of ether oxygens (including phenoxy) is 1. The summed E-state index contributed by atoms with van der Waals surface area (Å²) in [6, 6.07) is 25.3. The van der Waals surface area contributed by atoms with Crippen molar-refractivity contribution in [2.45, 2.75) is 13.3 Å². The van der Waals surface area contributed by atoms with Gasteiger partial charge in [0.15, 0.2) is 11.6 Å². The van der Waals surface area contributed by atoms with E-state index in [0.717, 1.165) is 17.1 Å². The molecule has 0 atom stereocenters. The van der Waals surface area contributed by atoms with E-state index in [0.29, 0.717) is 35.6 Å². The Hall–Kier alpha value is -5.43. The summed E-state index contributed by atoms with van der Waals surface area (Å²) >= 11 is 0. The average Bonchev–Trinajstić information content (AvgIpc) is 3.67. The van der Waals surface area contributed by atoms with Crippen LogP contribution in [-0.2, 0) is 24.8 Å². The Kier molecular flexibility index (Phi) is 10.3. The molecule has 0 saturated carbocycles. The van der Waals surface area contributed by atoms with Crippen molar-refractivity contribution in [3.05, 3.63) is 152 Å². The van der Waals surface area contributed by atoms with Gasteiger partial charge in [-0.15, -0.1) is 30.6 Å². The first-order valence-electron chi connectivity index (χ1n) is 15.1. The molecule has 4 heterocycles. The fourth-order valence-electron chi connectivity index (χ4n) is 5.39. The van der Waals surface area contributed by atoms with E-state index in [4.69, 9.17) is 4.74 Å². The first-order valence-corrected chi connectivity index (χ1v) is 15.1. The maximum atomic E-state index is 13.4. The Morgan fingerprint density at radius 3 is 1.44 bits per heavy atom. The van der Waals surface area contributed by atoms with Crippen LogP contribution in [0.4, 0.5) is 63.6 Å². The Bertz CT molecular complexity index is 1900. The van der Waals surface area contributed by atoms with Crippen molar-refractivity contribution in [3.63, 3.8) is 0 Å². The Balaban J connectivity index is 0.000000171. The number of halogens is 4. The maximum Gasteiger partial charge on any atom is 0.221 e. The third kappa shape index (κ3) is 6.86. The van der Waals surface area contributed by atoms with Gasteiger partial charge in [0.2, 0.25) is 6.35 Å². The van der Waals surface area contributed by atoms with Gasteiger partial charge in [-0.3, -0.25) is 14.2 Å². The van der Waals surface area contributed by atoms with Gasteiger partial charge in [0.25, 0.3) is 0 Å². The van der Waals surface area contributed by atoms with Crippen LogP contribution >= 0.6 is 0 Å². The number of nitrogens with zero attached hydrogens (tertiary/aromatic N) is 8. The van der Waals surface area contributed by atoms with Crippen LogP contribution in [0.25, 0.3) is 0 Å². The summed E-state index contributed by atoms with van der Waals surface area (Å²) in [6.07, 6.45) is 5.77. The van der Waals surface area contributed by atoms with Gasteiger partial charge in [0, 0.05) is 74.4 Å². The van der Waals surface area contributed by atoms with Crippen LogP contribution in [0, 0.1) is 36.0 Å². The van der Waals surface area contributed by atoms with Crippen molar-refractivity contribution in [1.82, 2.24) is 19.9 Å². The number of aromatic nitrogens is 4. The van der Waals surface area contributed by atoms with Crippen molar-refractivity contribution in [1.29, 1.82) is 0 Å². The van der Waals surface area contributed by atoms with Crippen molar-refractivity contribution in [2.24, 2.45) is 0 Å². The van der Waals surface area contributed by atoms with Crippen molar-refractivity contribution in [2.75, 3.05) is 26.2 Å². The van der Waals surface area contributed by atoms with Crippen molar-refractivity contribution in [3.8, 4) is 0 Å². The zero-order chi connectivity index (χ0) is 33.9. The zero-order valence-corrected chi connectivity index (χ0v) is 28.6. The molecule has 8 rings (SSSR count). The molecular weight excluding hydrogens is 829 g/mol. The summed E-state index contributed by atoms with van der Waals surface area (Å²) < 4.78 is 59.0. The summed E-state index contributed by atoms with van der Waals surface area (Å²) in [7, 11) is 0. The second-order valence-electron chi connectivity index (χ2n) is 10.6. The Labute approximate surface area is 298 Å². The molecule has 4 aromatic carbocycles. The van der Waals surface area contributed by atoms with E-state index in [2.05, 4.69) is 26.0 Å². The summed E-state index contributed by atoms with van der Waals surface area (Å²) in [4.78, 5) is 24.8. The number of fused-ring (bicyclic) bond motifs is 2. The minimum Gasteiger partial charge on any atom is -0.477 e. The summed E-state index contributed by atoms with van der Waals surface area (Å²) in [5.41, 5.74) is 2.82. The van der Waals surface area contributed by atoms with Crippen LogP contribution in [0.2, 0.25) is 0 Å². The number of hydrogen-bond acceptors (Lipinski definition) is 9. The number of hydrogen-bond donors (Lipinski definition) is 0. The second kappa shape index (κ2) is 15.0. The van der Waals surface area contributed by atoms with E-state index >= 15 is 0 Å². The van der Waals surface area contributed by atoms with Gasteiger partial charge in [0.05, 0.1) is 0 Å². The van der Waals surface area contributed by atoms with E-state index in [-0.39, 0.29) is 43.4 Å². The van der Waals surface area contributed by atoms with Crippen LogP contribution in [0.1, 0.15) is 6.92 Å². The molecule has 0 amide bonds. The smallest absolute Gasteiger partial charge is 0.221 e. The van der Waals surface area contributed by atoms with Crippen molar-refractivity contribution >= 4 is 46.0 Å². The average molecular weight is 855 g/mol. The molecule has 0 unspecified atom stereocenters. The first kappa shape index (κ1) is 34.4. The molecule has 6 aromatic rings. The predicted molar refractivity (Wildman–Crippen MR) is 177 cm³/mol. The van der Waals surface area contributed by atoms with Gasteiger partial charge in [-0.25, -0.2) is 33.1 Å². The maximum absolute atomic E-state index is 13.4. The van der Waals surface area contributed by atoms with Gasteiger partial charge >= 0.3 is 0 Å². The summed E-state index contributed by atoms with van der Waals surface area (Å²) in [5, 5.41) is 0. The topological polar surface area (TPSA) is 73.8 Å². The summed E-state index contributed by atoms with van der Waals surface area (Å²) in [6.45, 7) is 4.09. The molecule has 1 radical (unpaired) electrons. The van der Waals surface area contributed by atoms with E-state index in [9.17, 15) is 17.6 Å². The number of anilines is 8. The SMILES string of the molecule is CCOC1N(c2ccc(F)cc2)c2nccnc2N1c1ccc(F)cc1.Fc1c[c-]c(N2[CH-]N(c3ccc(F)cc3)c3nccnc32)cc1.[Ir]. The van der Waals surface area contributed by atoms with Gasteiger partial charge in [-0.2, -0.15) is 6.07 Å². The van der Waals surface area contributed by atoms with E-state index in [1.165, 1.54) is 48.5 Å². The van der Waals surface area contributed by atoms with Crippen LogP contribution in [0.5, 0.6) is 0 Å². The van der Waals surface area contributed by atoms with Gasteiger partial charge < -0.3 is 14.5 Å². The minimum atomic E-state index is -0.576. The summed E-state index contributed by atoms with van der Waals surface area (Å²) in [5.74, 6) is 1.06. The standard InChI is InChI=1S/C19H16F2N4O.C17H10F2N4.Ir/c1-2-26-19-24(15-7-3-13(20)4-8-15)17-18(23-12-11-22-17)25(19)16-9-5-14(21)6-10-16;18-12-1-5-14(6-2-12)22-11-23(15-7-3-13(19)4-8-15)17-16(22)20-9-10-21-17;/h3-12,19H,2H2,1H3;1-7,9-11H;/q;-2;. The molecule has 0 aliphatic carbocycles. The van der Waals surface area contributed by atoms with Crippen LogP contribution < -0.4 is 19.6 Å². The van der Waals surface area contributed by atoms with E-state index in [1.807, 2.05) is 16.7 Å². The molecule has 255 valence electrons. The molecule has 2 aromatic heterocycles. The quantitative estimate of drug-likeness (QED) is 0.122. The molecule has 0 saturated heterocycles. The van der Waals surface area contributed by atoms with Crippen LogP contribution in [0.3, 0.4) is 0 Å². The molecule has 2 aliphatic heterocycles. The number of rotatable bonds is 6. The van der Waals surface area contributed by atoms with Crippen LogP contribution in [0.15, 0.2) is 116 Å². The normalized spacial score (nSPS) is 13.4. The fourth-order valence-corrected chi connectivity index (χ4v) is 5.39. The third-order valence-corrected chi connectivity index (χ3v) is 7.55. The molecule has 0 spiro atoms. The molecule has 50 heavy (non-hydrogen) atoms. The molecule has 2 aliphatic rings. The molecular formula is C36H26F4IrN8O-2. The molecule has 0 fully saturated rings. The van der Waals surface area contributed by atoms with Gasteiger partial charge in [-0.05, 0) is 79.7 Å². The number of benzene rings is 4. The van der Waals surface area contributed by atoms with Crippen molar-refractivity contribution < 1.29 is 42.4 Å². The zero-order valence-electron chi connectivity index (χ0n) is 26.2. The fraction of sp³-hybridized carbons (Fsp3) is 0.0833. The van der Waals surface area contributed by atoms with E-state index in [1.54, 1.807) is 83.7 Å². The molecule has 14 heteroatoms. The molecule has 0 N–H and O–H groups in total. The minimum absolute atomic E-state index is 0.